The molecule has 0 spiro atoms. The van der Waals surface area contributed by atoms with E-state index in [1.165, 1.54) is 13.0 Å². The number of hydrogen-bond donors (Lipinski definition) is 2. The van der Waals surface area contributed by atoms with E-state index in [-0.39, 0.29) is 10.8 Å². The van der Waals surface area contributed by atoms with Crippen LogP contribution in [-0.2, 0) is 14.8 Å². The molecule has 2 rings (SSSR count). The highest BCUT2D eigenvalue weighted by molar-refractivity contribution is 7.92. The number of hydrogen-bond acceptors (Lipinski definition) is 3. The molecule has 0 aliphatic carbocycles. The van der Waals surface area contributed by atoms with Crippen LogP contribution in [0.3, 0.4) is 0 Å². The predicted molar refractivity (Wildman–Crippen MR) is 87.7 cm³/mol. The summed E-state index contributed by atoms with van der Waals surface area (Å²) >= 11 is 5.97. The van der Waals surface area contributed by atoms with Crippen LogP contribution in [0.15, 0.2) is 47.4 Å². The van der Waals surface area contributed by atoms with Gasteiger partial charge in [0, 0.05) is 12.6 Å². The molecule has 0 aliphatic heterocycles. The van der Waals surface area contributed by atoms with Gasteiger partial charge in [0.05, 0.1) is 15.6 Å². The van der Waals surface area contributed by atoms with Crippen molar-refractivity contribution >= 4 is 38.9 Å². The average molecular weight is 339 g/mol. The van der Waals surface area contributed by atoms with Gasteiger partial charge >= 0.3 is 0 Å². The van der Waals surface area contributed by atoms with Gasteiger partial charge in [-0.1, -0.05) is 29.8 Å². The van der Waals surface area contributed by atoms with Crippen molar-refractivity contribution in [1.29, 1.82) is 0 Å². The minimum absolute atomic E-state index is 0.0821. The summed E-state index contributed by atoms with van der Waals surface area (Å²) in [5, 5.41) is 2.87. The normalized spacial score (nSPS) is 11.0. The molecule has 2 aromatic carbocycles. The standard InChI is InChI=1S/C15H15ClN2O3S/c1-10-7-8-12(17-11(2)19)9-15(10)22(20,21)18-14-6-4-3-5-13(14)16/h3-9,18H,1-2H3,(H,17,19). The summed E-state index contributed by atoms with van der Waals surface area (Å²) in [6, 6.07) is 11.3. The van der Waals surface area contributed by atoms with Crippen LogP contribution < -0.4 is 10.0 Å². The molecule has 0 bridgehead atoms. The van der Waals surface area contributed by atoms with Crippen LogP contribution >= 0.6 is 11.6 Å². The fourth-order valence-corrected chi connectivity index (χ4v) is 3.50. The van der Waals surface area contributed by atoms with Crippen LogP contribution in [0.4, 0.5) is 11.4 Å². The fourth-order valence-electron chi connectivity index (χ4n) is 1.91. The maximum Gasteiger partial charge on any atom is 0.262 e. The molecule has 0 fully saturated rings. The van der Waals surface area contributed by atoms with Crippen LogP contribution in [0.25, 0.3) is 0 Å². The minimum atomic E-state index is -3.81. The Bertz CT molecular complexity index is 819. The molecule has 7 heteroatoms. The van der Waals surface area contributed by atoms with E-state index >= 15 is 0 Å². The van der Waals surface area contributed by atoms with Crippen LogP contribution in [0.1, 0.15) is 12.5 Å². The molecular formula is C15H15ClN2O3S. The molecule has 22 heavy (non-hydrogen) atoms. The summed E-state index contributed by atoms with van der Waals surface area (Å²) in [5.74, 6) is -0.272. The summed E-state index contributed by atoms with van der Waals surface area (Å²) in [7, 11) is -3.81. The Balaban J connectivity index is 2.41. The van der Waals surface area contributed by atoms with Crippen LogP contribution in [-0.4, -0.2) is 14.3 Å². The first-order valence-electron chi connectivity index (χ1n) is 6.45. The Morgan fingerprint density at radius 3 is 2.45 bits per heavy atom. The number of halogens is 1. The number of anilines is 2. The second-order valence-corrected chi connectivity index (χ2v) is 6.80. The molecular weight excluding hydrogens is 324 g/mol. The van der Waals surface area contributed by atoms with Crippen LogP contribution in [0.2, 0.25) is 5.02 Å². The molecule has 2 N–H and O–H groups in total. The number of aryl methyl sites for hydroxylation is 1. The van der Waals surface area contributed by atoms with Crippen molar-refractivity contribution in [3.8, 4) is 0 Å². The van der Waals surface area contributed by atoms with Gasteiger partial charge in [-0.3, -0.25) is 9.52 Å². The number of carbonyl (C=O) groups is 1. The summed E-state index contributed by atoms with van der Waals surface area (Å²) in [6.45, 7) is 3.04. The molecule has 2 aromatic rings. The molecule has 0 saturated heterocycles. The van der Waals surface area contributed by atoms with E-state index in [0.717, 1.165) is 0 Å². The molecule has 0 unspecified atom stereocenters. The van der Waals surface area contributed by atoms with Crippen LogP contribution in [0.5, 0.6) is 0 Å². The third-order valence-electron chi connectivity index (χ3n) is 2.92. The first kappa shape index (κ1) is 16.3. The van der Waals surface area contributed by atoms with E-state index < -0.39 is 10.0 Å². The Kier molecular flexibility index (Phi) is 4.73. The summed E-state index contributed by atoms with van der Waals surface area (Å²) in [4.78, 5) is 11.2. The van der Waals surface area contributed by atoms with Crippen molar-refractivity contribution in [2.45, 2.75) is 18.7 Å². The van der Waals surface area contributed by atoms with Gasteiger partial charge < -0.3 is 5.32 Å². The highest BCUT2D eigenvalue weighted by Crippen LogP contribution is 2.26. The third kappa shape index (κ3) is 3.78. The van der Waals surface area contributed by atoms with Crippen LogP contribution in [0, 0.1) is 6.92 Å². The summed E-state index contributed by atoms with van der Waals surface area (Å²) in [6.07, 6.45) is 0. The molecule has 0 saturated carbocycles. The first-order chi connectivity index (χ1) is 10.3. The van der Waals surface area contributed by atoms with Gasteiger partial charge in [0.1, 0.15) is 0 Å². The van der Waals surface area contributed by atoms with E-state index in [0.29, 0.717) is 22.0 Å². The Hall–Kier alpha value is -2.05. The van der Waals surface area contributed by atoms with Crippen molar-refractivity contribution in [2.24, 2.45) is 0 Å². The maximum absolute atomic E-state index is 12.5. The van der Waals surface area contributed by atoms with E-state index in [9.17, 15) is 13.2 Å². The van der Waals surface area contributed by atoms with Crippen molar-refractivity contribution < 1.29 is 13.2 Å². The molecule has 0 aromatic heterocycles. The molecule has 0 aliphatic rings. The molecule has 0 atom stereocenters. The lowest BCUT2D eigenvalue weighted by atomic mass is 10.2. The molecule has 5 nitrogen and oxygen atoms in total. The topological polar surface area (TPSA) is 75.3 Å². The average Bonchev–Trinajstić information content (AvgIpc) is 2.42. The Morgan fingerprint density at radius 2 is 1.82 bits per heavy atom. The van der Waals surface area contributed by atoms with Gasteiger partial charge in [-0.15, -0.1) is 0 Å². The van der Waals surface area contributed by atoms with Gasteiger partial charge in [0.15, 0.2) is 0 Å². The SMILES string of the molecule is CC(=O)Nc1ccc(C)c(S(=O)(=O)Nc2ccccc2Cl)c1. The fraction of sp³-hybridized carbons (Fsp3) is 0.133. The highest BCUT2D eigenvalue weighted by atomic mass is 35.5. The minimum Gasteiger partial charge on any atom is -0.326 e. The number of carbonyl (C=O) groups excluding carboxylic acids is 1. The molecule has 0 radical (unpaired) electrons. The summed E-state index contributed by atoms with van der Waals surface area (Å²) < 4.78 is 27.5. The van der Waals surface area contributed by atoms with Gasteiger partial charge in [-0.05, 0) is 36.8 Å². The Labute approximate surface area is 134 Å². The third-order valence-corrected chi connectivity index (χ3v) is 4.75. The zero-order chi connectivity index (χ0) is 16.3. The van der Waals surface area contributed by atoms with E-state index in [1.807, 2.05) is 0 Å². The molecule has 0 heterocycles. The lowest BCUT2D eigenvalue weighted by Crippen LogP contribution is -2.15. The van der Waals surface area contributed by atoms with Gasteiger partial charge in [0.25, 0.3) is 10.0 Å². The molecule has 116 valence electrons. The highest BCUT2D eigenvalue weighted by Gasteiger charge is 2.19. The zero-order valence-corrected chi connectivity index (χ0v) is 13.6. The number of sulfonamides is 1. The number of para-hydroxylation sites is 1. The van der Waals surface area contributed by atoms with Crippen molar-refractivity contribution in [2.75, 3.05) is 10.0 Å². The Morgan fingerprint density at radius 1 is 1.14 bits per heavy atom. The smallest absolute Gasteiger partial charge is 0.262 e. The van der Waals surface area contributed by atoms with Crippen molar-refractivity contribution in [1.82, 2.24) is 0 Å². The zero-order valence-electron chi connectivity index (χ0n) is 12.1. The number of nitrogens with one attached hydrogen (secondary N) is 2. The largest absolute Gasteiger partial charge is 0.326 e. The second-order valence-electron chi connectivity index (χ2n) is 4.75. The van der Waals surface area contributed by atoms with E-state index in [2.05, 4.69) is 10.0 Å². The lowest BCUT2D eigenvalue weighted by molar-refractivity contribution is -0.114. The summed E-state index contributed by atoms with van der Waals surface area (Å²) in [5.41, 5.74) is 1.28. The predicted octanol–water partition coefficient (Wildman–Crippen LogP) is 3.41. The maximum atomic E-state index is 12.5. The van der Waals surface area contributed by atoms with Crippen molar-refractivity contribution in [3.05, 3.63) is 53.1 Å². The van der Waals surface area contributed by atoms with E-state index in [4.69, 9.17) is 11.6 Å². The number of benzene rings is 2. The van der Waals surface area contributed by atoms with Gasteiger partial charge in [0.2, 0.25) is 5.91 Å². The van der Waals surface area contributed by atoms with Gasteiger partial charge in [-0.25, -0.2) is 8.42 Å². The molecule has 1 amide bonds. The quantitative estimate of drug-likeness (QED) is 0.897. The monoisotopic (exact) mass is 338 g/mol. The first-order valence-corrected chi connectivity index (χ1v) is 8.31. The van der Waals surface area contributed by atoms with E-state index in [1.54, 1.807) is 43.3 Å². The van der Waals surface area contributed by atoms with Gasteiger partial charge in [-0.2, -0.15) is 0 Å². The number of amides is 1. The second kappa shape index (κ2) is 6.37. The number of rotatable bonds is 4. The van der Waals surface area contributed by atoms with Crippen molar-refractivity contribution in [3.63, 3.8) is 0 Å². The lowest BCUT2D eigenvalue weighted by Gasteiger charge is -2.13.